The summed E-state index contributed by atoms with van der Waals surface area (Å²) < 4.78 is 27.9. The number of anilines is 1. The summed E-state index contributed by atoms with van der Waals surface area (Å²) in [4.78, 5) is 13.1. The van der Waals surface area contributed by atoms with Crippen molar-refractivity contribution < 1.29 is 13.2 Å². The van der Waals surface area contributed by atoms with Crippen LogP contribution in [0.15, 0.2) is 83.8 Å². The molecule has 168 valence electrons. The van der Waals surface area contributed by atoms with Crippen molar-refractivity contribution in [2.45, 2.75) is 30.7 Å². The highest BCUT2D eigenvalue weighted by molar-refractivity contribution is 7.92. The van der Waals surface area contributed by atoms with Gasteiger partial charge in [0.25, 0.3) is 10.0 Å². The molecule has 1 N–H and O–H groups in total. The number of carbonyl (C=O) groups excluding carboxylic acids is 1. The Morgan fingerprint density at radius 1 is 0.938 bits per heavy atom. The number of nitrogens with one attached hydrogen (secondary N) is 1. The predicted molar refractivity (Wildman–Crippen MR) is 130 cm³/mol. The average Bonchev–Trinajstić information content (AvgIpc) is 2.74. The molecule has 0 fully saturated rings. The lowest BCUT2D eigenvalue weighted by molar-refractivity contribution is -0.121. The molecule has 1 amide bonds. The van der Waals surface area contributed by atoms with Crippen LogP contribution in [0.1, 0.15) is 19.4 Å². The molecule has 0 atom stereocenters. The molecule has 0 unspecified atom stereocenters. The first kappa shape index (κ1) is 24.1. The zero-order valence-electron chi connectivity index (χ0n) is 17.8. The third-order valence-electron chi connectivity index (χ3n) is 4.76. The van der Waals surface area contributed by atoms with Crippen molar-refractivity contribution in [3.8, 4) is 0 Å². The first-order valence-corrected chi connectivity index (χ1v) is 12.2. The third-order valence-corrected chi connectivity index (χ3v) is 7.09. The van der Waals surface area contributed by atoms with E-state index in [1.165, 1.54) is 24.3 Å². The fourth-order valence-corrected chi connectivity index (χ4v) is 5.28. The van der Waals surface area contributed by atoms with E-state index in [4.69, 9.17) is 23.2 Å². The maximum Gasteiger partial charge on any atom is 0.264 e. The zero-order valence-corrected chi connectivity index (χ0v) is 20.1. The van der Waals surface area contributed by atoms with Gasteiger partial charge in [-0.1, -0.05) is 71.7 Å². The second-order valence-electron chi connectivity index (χ2n) is 8.01. The van der Waals surface area contributed by atoms with Crippen LogP contribution in [0.2, 0.25) is 10.0 Å². The largest absolute Gasteiger partial charge is 0.349 e. The number of nitrogens with zero attached hydrogens (tertiary/aromatic N) is 1. The zero-order chi connectivity index (χ0) is 23.4. The van der Waals surface area contributed by atoms with Crippen LogP contribution in [-0.4, -0.2) is 26.4 Å². The van der Waals surface area contributed by atoms with Crippen molar-refractivity contribution in [1.29, 1.82) is 0 Å². The van der Waals surface area contributed by atoms with E-state index < -0.39 is 28.0 Å². The highest BCUT2D eigenvalue weighted by Gasteiger charge is 2.30. The molecule has 0 saturated heterocycles. The minimum absolute atomic E-state index is 0.0485. The van der Waals surface area contributed by atoms with Crippen LogP contribution in [0.25, 0.3) is 0 Å². The molecule has 5 nitrogen and oxygen atoms in total. The van der Waals surface area contributed by atoms with Gasteiger partial charge in [0.15, 0.2) is 0 Å². The van der Waals surface area contributed by atoms with E-state index in [1.807, 2.05) is 44.2 Å². The van der Waals surface area contributed by atoms with Crippen molar-refractivity contribution >= 4 is 44.8 Å². The lowest BCUT2D eigenvalue weighted by Crippen LogP contribution is -2.50. The van der Waals surface area contributed by atoms with Crippen molar-refractivity contribution in [2.24, 2.45) is 0 Å². The van der Waals surface area contributed by atoms with Gasteiger partial charge in [0, 0.05) is 10.6 Å². The molecule has 0 radical (unpaired) electrons. The molecular weight excluding hydrogens is 467 g/mol. The number of halogens is 2. The van der Waals surface area contributed by atoms with E-state index in [0.717, 1.165) is 9.87 Å². The minimum Gasteiger partial charge on any atom is -0.349 e. The summed E-state index contributed by atoms with van der Waals surface area (Å²) in [6, 6.07) is 22.1. The number of amides is 1. The van der Waals surface area contributed by atoms with Crippen LogP contribution in [0.5, 0.6) is 0 Å². The molecule has 0 spiro atoms. The van der Waals surface area contributed by atoms with Gasteiger partial charge in [-0.3, -0.25) is 9.10 Å². The molecular formula is C24H24Cl2N2O3S. The van der Waals surface area contributed by atoms with E-state index >= 15 is 0 Å². The second kappa shape index (κ2) is 9.94. The summed E-state index contributed by atoms with van der Waals surface area (Å²) in [5, 5.41) is 3.42. The molecule has 0 aromatic heterocycles. The highest BCUT2D eigenvalue weighted by Crippen LogP contribution is 2.33. The van der Waals surface area contributed by atoms with E-state index in [-0.39, 0.29) is 15.6 Å². The Balaban J connectivity index is 1.90. The summed E-state index contributed by atoms with van der Waals surface area (Å²) in [5.41, 5.74) is 0.599. The lowest BCUT2D eigenvalue weighted by atomic mass is 9.95. The molecule has 0 aliphatic heterocycles. The Hall–Kier alpha value is -2.54. The fraction of sp³-hybridized carbons (Fsp3) is 0.208. The molecule has 0 heterocycles. The Kier molecular flexibility index (Phi) is 7.49. The lowest BCUT2D eigenvalue weighted by Gasteiger charge is -2.30. The van der Waals surface area contributed by atoms with Crippen LogP contribution in [0.3, 0.4) is 0 Å². The molecule has 0 bridgehead atoms. The van der Waals surface area contributed by atoms with Gasteiger partial charge < -0.3 is 5.32 Å². The normalized spacial score (nSPS) is 11.8. The van der Waals surface area contributed by atoms with Gasteiger partial charge in [-0.25, -0.2) is 8.42 Å². The predicted octanol–water partition coefficient (Wildman–Crippen LogP) is 5.33. The van der Waals surface area contributed by atoms with Crippen LogP contribution >= 0.6 is 23.2 Å². The number of benzene rings is 3. The molecule has 3 aromatic carbocycles. The third kappa shape index (κ3) is 6.03. The Morgan fingerprint density at radius 3 is 2.16 bits per heavy atom. The molecule has 0 aliphatic carbocycles. The summed E-state index contributed by atoms with van der Waals surface area (Å²) >= 11 is 12.4. The van der Waals surface area contributed by atoms with Gasteiger partial charge in [0.05, 0.1) is 15.6 Å². The Labute approximate surface area is 199 Å². The summed E-state index contributed by atoms with van der Waals surface area (Å²) in [5.74, 6) is -0.457. The van der Waals surface area contributed by atoms with Gasteiger partial charge in [0.2, 0.25) is 5.91 Å². The molecule has 3 aromatic rings. The van der Waals surface area contributed by atoms with Gasteiger partial charge >= 0.3 is 0 Å². The van der Waals surface area contributed by atoms with Crippen molar-refractivity contribution in [3.05, 3.63) is 94.5 Å². The second-order valence-corrected chi connectivity index (χ2v) is 10.7. The number of hydrogen-bond acceptors (Lipinski definition) is 3. The van der Waals surface area contributed by atoms with Crippen LogP contribution < -0.4 is 9.62 Å². The van der Waals surface area contributed by atoms with E-state index in [1.54, 1.807) is 24.3 Å². The number of rotatable bonds is 8. The SMILES string of the molecule is CC(C)(Cc1ccccc1)NC(=O)CN(c1cc(Cl)ccc1Cl)S(=O)(=O)c1ccccc1. The smallest absolute Gasteiger partial charge is 0.264 e. The molecule has 0 saturated carbocycles. The number of carbonyl (C=O) groups is 1. The topological polar surface area (TPSA) is 66.5 Å². The summed E-state index contributed by atoms with van der Waals surface area (Å²) in [7, 11) is -4.07. The first-order valence-electron chi connectivity index (χ1n) is 9.96. The van der Waals surface area contributed by atoms with Crippen molar-refractivity contribution in [3.63, 3.8) is 0 Å². The van der Waals surface area contributed by atoms with Gasteiger partial charge in [-0.15, -0.1) is 0 Å². The monoisotopic (exact) mass is 490 g/mol. The average molecular weight is 491 g/mol. The van der Waals surface area contributed by atoms with Crippen molar-refractivity contribution in [2.75, 3.05) is 10.8 Å². The van der Waals surface area contributed by atoms with Gasteiger partial charge in [-0.2, -0.15) is 0 Å². The molecule has 3 rings (SSSR count). The molecule has 0 aliphatic rings. The van der Waals surface area contributed by atoms with Crippen molar-refractivity contribution in [1.82, 2.24) is 5.32 Å². The van der Waals surface area contributed by atoms with Crippen LogP contribution in [-0.2, 0) is 21.2 Å². The molecule has 32 heavy (non-hydrogen) atoms. The Bertz CT molecular complexity index is 1180. The van der Waals surface area contributed by atoms with E-state index in [0.29, 0.717) is 11.4 Å². The summed E-state index contributed by atoms with van der Waals surface area (Å²) in [6.07, 6.45) is 0.586. The molecule has 8 heteroatoms. The fourth-order valence-electron chi connectivity index (χ4n) is 3.39. The number of hydrogen-bond donors (Lipinski definition) is 1. The van der Waals surface area contributed by atoms with E-state index in [2.05, 4.69) is 5.32 Å². The standard InChI is InChI=1S/C24H24Cl2N2O3S/c1-24(2,16-18-9-5-3-6-10-18)27-23(29)17-28(22-15-19(25)13-14-21(22)26)32(30,31)20-11-7-4-8-12-20/h3-15H,16-17H2,1-2H3,(H,27,29). The Morgan fingerprint density at radius 2 is 1.53 bits per heavy atom. The minimum atomic E-state index is -4.07. The first-order chi connectivity index (χ1) is 15.1. The van der Waals surface area contributed by atoms with Crippen LogP contribution in [0, 0.1) is 0 Å². The van der Waals surface area contributed by atoms with Crippen LogP contribution in [0.4, 0.5) is 5.69 Å². The van der Waals surface area contributed by atoms with Gasteiger partial charge in [-0.05, 0) is 56.2 Å². The maximum atomic E-state index is 13.4. The quantitative estimate of drug-likeness (QED) is 0.464. The number of sulfonamides is 1. The van der Waals surface area contributed by atoms with Gasteiger partial charge in [0.1, 0.15) is 6.54 Å². The highest BCUT2D eigenvalue weighted by atomic mass is 35.5. The van der Waals surface area contributed by atoms with E-state index in [9.17, 15) is 13.2 Å². The maximum absolute atomic E-state index is 13.4. The summed E-state index contributed by atoms with van der Waals surface area (Å²) in [6.45, 7) is 3.33.